The number of non-ortho nitro benzene ring substituents is 1. The fraction of sp³-hybridized carbons (Fsp3) is 0.467. The summed E-state index contributed by atoms with van der Waals surface area (Å²) in [5, 5.41) is 22.3. The van der Waals surface area contributed by atoms with E-state index in [0.29, 0.717) is 5.56 Å². The molecule has 0 fully saturated rings. The molecular weight excluding hydrogens is 304 g/mol. The molecule has 0 saturated carbocycles. The molecule has 0 aliphatic rings. The van der Waals surface area contributed by atoms with E-state index in [4.69, 9.17) is 4.74 Å². The van der Waals surface area contributed by atoms with Gasteiger partial charge < -0.3 is 15.2 Å². The van der Waals surface area contributed by atoms with Gasteiger partial charge in [-0.3, -0.25) is 10.1 Å². The fourth-order valence-corrected chi connectivity index (χ4v) is 1.93. The Morgan fingerprint density at radius 3 is 2.17 bits per heavy atom. The van der Waals surface area contributed by atoms with Crippen molar-refractivity contribution in [3.8, 4) is 0 Å². The Bertz CT molecular complexity index is 591. The molecule has 8 nitrogen and oxygen atoms in total. The molecule has 2 N–H and O–H groups in total. The number of benzene rings is 1. The number of amides is 1. The number of ether oxygens (including phenoxy) is 1. The summed E-state index contributed by atoms with van der Waals surface area (Å²) < 4.78 is 5.05. The van der Waals surface area contributed by atoms with Crippen LogP contribution < -0.4 is 5.32 Å². The molecule has 1 amide bonds. The summed E-state index contributed by atoms with van der Waals surface area (Å²) in [6.07, 6.45) is -0.835. The SMILES string of the molecule is C[C@H](c1ccc([N+](=O)[O-])cc1)[C@@H](NC(=O)OC(C)(C)C)C(=O)O. The van der Waals surface area contributed by atoms with Gasteiger partial charge in [0.2, 0.25) is 0 Å². The summed E-state index contributed by atoms with van der Waals surface area (Å²) in [6, 6.07) is 4.30. The third-order valence-electron chi connectivity index (χ3n) is 3.07. The van der Waals surface area contributed by atoms with Crippen molar-refractivity contribution < 1.29 is 24.4 Å². The van der Waals surface area contributed by atoms with Crippen molar-refractivity contribution in [2.75, 3.05) is 0 Å². The van der Waals surface area contributed by atoms with E-state index in [9.17, 15) is 24.8 Å². The molecule has 0 bridgehead atoms. The van der Waals surface area contributed by atoms with Gasteiger partial charge in [0.05, 0.1) is 4.92 Å². The molecular formula is C15H20N2O6. The van der Waals surface area contributed by atoms with Crippen LogP contribution in [0.25, 0.3) is 0 Å². The first kappa shape index (κ1) is 18.4. The molecule has 0 saturated heterocycles. The van der Waals surface area contributed by atoms with E-state index in [1.165, 1.54) is 24.3 Å². The Balaban J connectivity index is 2.90. The van der Waals surface area contributed by atoms with Crippen LogP contribution in [0, 0.1) is 10.1 Å². The van der Waals surface area contributed by atoms with E-state index in [0.717, 1.165) is 0 Å². The number of carbonyl (C=O) groups is 2. The summed E-state index contributed by atoms with van der Waals surface area (Å²) >= 11 is 0. The second-order valence-corrected chi connectivity index (χ2v) is 6.10. The number of nitrogens with one attached hydrogen (secondary N) is 1. The number of carbonyl (C=O) groups excluding carboxylic acids is 1. The van der Waals surface area contributed by atoms with Crippen LogP contribution in [-0.4, -0.2) is 33.7 Å². The van der Waals surface area contributed by atoms with Crippen LogP contribution in [0.5, 0.6) is 0 Å². The third-order valence-corrected chi connectivity index (χ3v) is 3.07. The predicted molar refractivity (Wildman–Crippen MR) is 82.3 cm³/mol. The Kier molecular flexibility index (Phi) is 5.67. The Hall–Kier alpha value is -2.64. The predicted octanol–water partition coefficient (Wildman–Crippen LogP) is 2.68. The lowest BCUT2D eigenvalue weighted by Gasteiger charge is -2.25. The van der Waals surface area contributed by atoms with Gasteiger partial charge in [-0.1, -0.05) is 19.1 Å². The van der Waals surface area contributed by atoms with Crippen LogP contribution in [0.2, 0.25) is 0 Å². The minimum atomic E-state index is -1.22. The lowest BCUT2D eigenvalue weighted by molar-refractivity contribution is -0.384. The van der Waals surface area contributed by atoms with E-state index in [1.54, 1.807) is 27.7 Å². The number of nitrogens with zero attached hydrogens (tertiary/aromatic N) is 1. The maximum absolute atomic E-state index is 11.8. The maximum Gasteiger partial charge on any atom is 0.408 e. The van der Waals surface area contributed by atoms with E-state index in [2.05, 4.69) is 5.32 Å². The van der Waals surface area contributed by atoms with Gasteiger partial charge in [0.15, 0.2) is 0 Å². The van der Waals surface area contributed by atoms with Crippen LogP contribution in [0.15, 0.2) is 24.3 Å². The van der Waals surface area contributed by atoms with Crippen LogP contribution in [-0.2, 0) is 9.53 Å². The molecule has 0 spiro atoms. The van der Waals surface area contributed by atoms with Gasteiger partial charge in [0, 0.05) is 18.1 Å². The van der Waals surface area contributed by atoms with E-state index in [-0.39, 0.29) is 5.69 Å². The lowest BCUT2D eigenvalue weighted by atomic mass is 9.93. The molecule has 0 aliphatic heterocycles. The summed E-state index contributed by atoms with van der Waals surface area (Å²) in [4.78, 5) is 33.3. The molecule has 0 aliphatic carbocycles. The summed E-state index contributed by atoms with van der Waals surface area (Å²) in [5.74, 6) is -1.82. The van der Waals surface area contributed by atoms with Crippen molar-refractivity contribution in [3.63, 3.8) is 0 Å². The molecule has 8 heteroatoms. The van der Waals surface area contributed by atoms with Crippen molar-refractivity contribution in [1.29, 1.82) is 0 Å². The van der Waals surface area contributed by atoms with Crippen molar-refractivity contribution in [1.82, 2.24) is 5.32 Å². The second-order valence-electron chi connectivity index (χ2n) is 6.10. The van der Waals surface area contributed by atoms with Gasteiger partial charge in [0.1, 0.15) is 11.6 Å². The first-order chi connectivity index (χ1) is 10.5. The Morgan fingerprint density at radius 2 is 1.78 bits per heavy atom. The van der Waals surface area contributed by atoms with Crippen molar-refractivity contribution >= 4 is 17.7 Å². The summed E-state index contributed by atoms with van der Waals surface area (Å²) in [7, 11) is 0. The minimum Gasteiger partial charge on any atom is -0.480 e. The molecule has 1 aromatic rings. The number of nitro benzene ring substituents is 1. The number of alkyl carbamates (subject to hydrolysis) is 1. The topological polar surface area (TPSA) is 119 Å². The second kappa shape index (κ2) is 7.08. The number of aliphatic carboxylic acids is 1. The molecule has 0 radical (unpaired) electrons. The molecule has 0 heterocycles. The maximum atomic E-state index is 11.8. The molecule has 1 aromatic carbocycles. The summed E-state index contributed by atoms with van der Waals surface area (Å²) in [6.45, 7) is 6.61. The molecule has 1 rings (SSSR count). The number of carboxylic acid groups (broad SMARTS) is 1. The number of nitro groups is 1. The highest BCUT2D eigenvalue weighted by atomic mass is 16.6. The highest BCUT2D eigenvalue weighted by Gasteiger charge is 2.30. The smallest absolute Gasteiger partial charge is 0.408 e. The van der Waals surface area contributed by atoms with E-state index < -0.39 is 34.5 Å². The molecule has 0 unspecified atom stereocenters. The van der Waals surface area contributed by atoms with Crippen molar-refractivity contribution in [3.05, 3.63) is 39.9 Å². The molecule has 23 heavy (non-hydrogen) atoms. The zero-order chi connectivity index (χ0) is 17.8. The van der Waals surface area contributed by atoms with Crippen molar-refractivity contribution in [2.45, 2.75) is 45.3 Å². The average molecular weight is 324 g/mol. The quantitative estimate of drug-likeness (QED) is 0.635. The number of rotatable bonds is 5. The zero-order valence-corrected chi connectivity index (χ0v) is 13.4. The van der Waals surface area contributed by atoms with E-state index in [1.807, 2.05) is 0 Å². The normalized spacial score (nSPS) is 13.7. The first-order valence-corrected chi connectivity index (χ1v) is 6.98. The molecule has 0 aromatic heterocycles. The lowest BCUT2D eigenvalue weighted by Crippen LogP contribution is -2.46. The Labute approximate surface area is 133 Å². The average Bonchev–Trinajstić information content (AvgIpc) is 2.42. The van der Waals surface area contributed by atoms with Gasteiger partial charge in [-0.05, 0) is 26.3 Å². The highest BCUT2D eigenvalue weighted by molar-refractivity contribution is 5.81. The number of hydrogen-bond acceptors (Lipinski definition) is 5. The van der Waals surface area contributed by atoms with Gasteiger partial charge in [-0.2, -0.15) is 0 Å². The van der Waals surface area contributed by atoms with Gasteiger partial charge in [0.25, 0.3) is 5.69 Å². The molecule has 126 valence electrons. The third kappa shape index (κ3) is 5.57. The van der Waals surface area contributed by atoms with Gasteiger partial charge >= 0.3 is 12.1 Å². The van der Waals surface area contributed by atoms with Crippen LogP contribution in [0.4, 0.5) is 10.5 Å². The van der Waals surface area contributed by atoms with E-state index >= 15 is 0 Å². The number of hydrogen-bond donors (Lipinski definition) is 2. The molecule has 2 atom stereocenters. The highest BCUT2D eigenvalue weighted by Crippen LogP contribution is 2.22. The van der Waals surface area contributed by atoms with Crippen molar-refractivity contribution in [2.24, 2.45) is 0 Å². The largest absolute Gasteiger partial charge is 0.480 e. The van der Waals surface area contributed by atoms with Crippen LogP contribution >= 0.6 is 0 Å². The fourth-order valence-electron chi connectivity index (χ4n) is 1.93. The number of carboxylic acids is 1. The monoisotopic (exact) mass is 324 g/mol. The van der Waals surface area contributed by atoms with Crippen LogP contribution in [0.1, 0.15) is 39.2 Å². The summed E-state index contributed by atoms with van der Waals surface area (Å²) in [5.41, 5.74) is -0.281. The minimum absolute atomic E-state index is 0.0899. The first-order valence-electron chi connectivity index (χ1n) is 6.98. The standard InChI is InChI=1S/C15H20N2O6/c1-9(10-5-7-11(8-6-10)17(21)22)12(13(18)19)16-14(20)23-15(2,3)4/h5-9,12H,1-4H3,(H,16,20)(H,18,19)/t9-,12-/m1/s1. The van der Waals surface area contributed by atoms with Gasteiger partial charge in [-0.15, -0.1) is 0 Å². The van der Waals surface area contributed by atoms with Crippen LogP contribution in [0.3, 0.4) is 0 Å². The zero-order valence-electron chi connectivity index (χ0n) is 13.4. The van der Waals surface area contributed by atoms with Gasteiger partial charge in [-0.25, -0.2) is 9.59 Å². The Morgan fingerprint density at radius 1 is 1.26 bits per heavy atom.